The van der Waals surface area contributed by atoms with E-state index in [4.69, 9.17) is 9.15 Å². The van der Waals surface area contributed by atoms with E-state index in [0.717, 1.165) is 11.0 Å². The third kappa shape index (κ3) is 4.03. The second-order valence-corrected chi connectivity index (χ2v) is 5.81. The Labute approximate surface area is 151 Å². The first kappa shape index (κ1) is 17.5. The Morgan fingerprint density at radius 3 is 2.69 bits per heavy atom. The maximum absolute atomic E-state index is 12.5. The molecule has 2 aromatic carbocycles. The zero-order valence-corrected chi connectivity index (χ0v) is 14.6. The minimum atomic E-state index is -0.555. The van der Waals surface area contributed by atoms with Crippen molar-refractivity contribution in [2.45, 2.75) is 19.9 Å². The van der Waals surface area contributed by atoms with Gasteiger partial charge in [0.2, 0.25) is 0 Å². The highest BCUT2D eigenvalue weighted by atomic mass is 16.5. The number of amides is 2. The quantitative estimate of drug-likeness (QED) is 0.709. The Kier molecular flexibility index (Phi) is 5.22. The van der Waals surface area contributed by atoms with Gasteiger partial charge in [0, 0.05) is 16.6 Å². The Morgan fingerprint density at radius 1 is 1.12 bits per heavy atom. The summed E-state index contributed by atoms with van der Waals surface area (Å²) in [6.07, 6.45) is -0.555. The van der Waals surface area contributed by atoms with Crippen molar-refractivity contribution in [1.29, 1.82) is 0 Å². The summed E-state index contributed by atoms with van der Waals surface area (Å²) in [6, 6.07) is 16.0. The average molecular weight is 352 g/mol. The molecule has 0 bridgehead atoms. The van der Waals surface area contributed by atoms with E-state index in [2.05, 4.69) is 10.6 Å². The largest absolute Gasteiger partial charge is 0.459 e. The summed E-state index contributed by atoms with van der Waals surface area (Å²) in [6.45, 7) is 3.86. The van der Waals surface area contributed by atoms with Crippen molar-refractivity contribution in [2.75, 3.05) is 11.9 Å². The fraction of sp³-hybridized carbons (Fsp3) is 0.200. The topological polar surface area (TPSA) is 80.6 Å². The standard InChI is InChI=1S/C20H20N2O4/c1-3-25-20(24)22-16-9-6-8-15(11-16)19(23)21-13(2)18-12-14-7-4-5-10-17(14)26-18/h4-13H,3H2,1-2H3,(H,21,23)(H,22,24)/t13-/m0/s1. The lowest BCUT2D eigenvalue weighted by Gasteiger charge is -2.12. The number of ether oxygens (including phenoxy) is 1. The predicted molar refractivity (Wildman–Crippen MR) is 99.2 cm³/mol. The SMILES string of the molecule is CCOC(=O)Nc1cccc(C(=O)N[C@@H](C)c2cc3ccccc3o2)c1. The van der Waals surface area contributed by atoms with Gasteiger partial charge in [-0.1, -0.05) is 24.3 Å². The first-order valence-corrected chi connectivity index (χ1v) is 8.40. The molecule has 6 heteroatoms. The summed E-state index contributed by atoms with van der Waals surface area (Å²) >= 11 is 0. The molecular weight excluding hydrogens is 332 g/mol. The van der Waals surface area contributed by atoms with Crippen LogP contribution in [0.25, 0.3) is 11.0 Å². The molecule has 3 aromatic rings. The van der Waals surface area contributed by atoms with Gasteiger partial charge in [-0.15, -0.1) is 0 Å². The van der Waals surface area contributed by atoms with Gasteiger partial charge in [0.1, 0.15) is 11.3 Å². The lowest BCUT2D eigenvalue weighted by Crippen LogP contribution is -2.26. The summed E-state index contributed by atoms with van der Waals surface area (Å²) in [5, 5.41) is 6.47. The molecule has 134 valence electrons. The summed E-state index contributed by atoms with van der Waals surface area (Å²) in [4.78, 5) is 24.0. The molecule has 0 spiro atoms. The fourth-order valence-corrected chi connectivity index (χ4v) is 2.59. The number of furan rings is 1. The van der Waals surface area contributed by atoms with E-state index in [1.165, 1.54) is 0 Å². The molecule has 0 aliphatic carbocycles. The van der Waals surface area contributed by atoms with Crippen molar-refractivity contribution in [3.8, 4) is 0 Å². The van der Waals surface area contributed by atoms with Gasteiger partial charge in [-0.2, -0.15) is 0 Å². The molecule has 2 amide bonds. The highest BCUT2D eigenvalue weighted by molar-refractivity contribution is 5.96. The van der Waals surface area contributed by atoms with Gasteiger partial charge < -0.3 is 14.5 Å². The van der Waals surface area contributed by atoms with Crippen LogP contribution < -0.4 is 10.6 Å². The van der Waals surface area contributed by atoms with Crippen molar-refractivity contribution >= 4 is 28.7 Å². The minimum absolute atomic E-state index is 0.259. The molecule has 0 saturated carbocycles. The number of nitrogens with one attached hydrogen (secondary N) is 2. The van der Waals surface area contributed by atoms with E-state index in [1.54, 1.807) is 31.2 Å². The molecule has 0 aliphatic rings. The van der Waals surface area contributed by atoms with Gasteiger partial charge in [0.15, 0.2) is 0 Å². The second-order valence-electron chi connectivity index (χ2n) is 5.81. The van der Waals surface area contributed by atoms with Crippen LogP contribution in [0, 0.1) is 0 Å². The third-order valence-electron chi connectivity index (χ3n) is 3.87. The molecule has 6 nitrogen and oxygen atoms in total. The Balaban J connectivity index is 1.70. The molecule has 1 atom stereocenters. The van der Waals surface area contributed by atoms with Gasteiger partial charge in [-0.05, 0) is 44.2 Å². The first-order chi connectivity index (χ1) is 12.6. The van der Waals surface area contributed by atoms with Crippen molar-refractivity contribution in [2.24, 2.45) is 0 Å². The molecule has 0 radical (unpaired) electrons. The minimum Gasteiger partial charge on any atom is -0.459 e. The number of hydrogen-bond donors (Lipinski definition) is 2. The molecule has 0 saturated heterocycles. The number of rotatable bonds is 5. The summed E-state index contributed by atoms with van der Waals surface area (Å²) < 4.78 is 10.6. The van der Waals surface area contributed by atoms with Crippen LogP contribution in [-0.2, 0) is 4.74 Å². The number of carbonyl (C=O) groups excluding carboxylic acids is 2. The van der Waals surface area contributed by atoms with Crippen LogP contribution in [0.4, 0.5) is 10.5 Å². The third-order valence-corrected chi connectivity index (χ3v) is 3.87. The predicted octanol–water partition coefficient (Wildman–Crippen LogP) is 4.49. The van der Waals surface area contributed by atoms with E-state index < -0.39 is 6.09 Å². The van der Waals surface area contributed by atoms with Crippen LogP contribution >= 0.6 is 0 Å². The molecule has 0 fully saturated rings. The molecule has 3 rings (SSSR count). The van der Waals surface area contributed by atoms with Gasteiger partial charge in [0.05, 0.1) is 12.6 Å². The Hall–Kier alpha value is -3.28. The van der Waals surface area contributed by atoms with Gasteiger partial charge in [0.25, 0.3) is 5.91 Å². The molecule has 2 N–H and O–H groups in total. The van der Waals surface area contributed by atoms with Gasteiger partial charge in [-0.3, -0.25) is 10.1 Å². The van der Waals surface area contributed by atoms with E-state index in [1.807, 2.05) is 37.3 Å². The lowest BCUT2D eigenvalue weighted by molar-refractivity contribution is 0.0935. The summed E-state index contributed by atoms with van der Waals surface area (Å²) in [5.41, 5.74) is 1.71. The van der Waals surface area contributed by atoms with Crippen LogP contribution in [0.1, 0.15) is 36.0 Å². The Morgan fingerprint density at radius 2 is 1.92 bits per heavy atom. The van der Waals surface area contributed by atoms with Gasteiger partial charge in [-0.25, -0.2) is 4.79 Å². The molecule has 0 aliphatic heterocycles. The smallest absolute Gasteiger partial charge is 0.411 e. The van der Waals surface area contributed by atoms with Gasteiger partial charge >= 0.3 is 6.09 Å². The zero-order valence-electron chi connectivity index (χ0n) is 14.6. The first-order valence-electron chi connectivity index (χ1n) is 8.40. The van der Waals surface area contributed by atoms with E-state index in [9.17, 15) is 9.59 Å². The summed E-state index contributed by atoms with van der Waals surface area (Å²) in [7, 11) is 0. The molecular formula is C20H20N2O4. The summed E-state index contributed by atoms with van der Waals surface area (Å²) in [5.74, 6) is 0.422. The number of benzene rings is 2. The van der Waals surface area contributed by atoms with Crippen LogP contribution in [-0.4, -0.2) is 18.6 Å². The normalized spacial score (nSPS) is 11.8. The Bertz CT molecular complexity index is 899. The average Bonchev–Trinajstić information content (AvgIpc) is 3.06. The monoisotopic (exact) mass is 352 g/mol. The van der Waals surface area contributed by atoms with Crippen molar-refractivity contribution in [3.63, 3.8) is 0 Å². The number of para-hydroxylation sites is 1. The van der Waals surface area contributed by atoms with E-state index >= 15 is 0 Å². The number of fused-ring (bicyclic) bond motifs is 1. The van der Waals surface area contributed by atoms with E-state index in [0.29, 0.717) is 17.0 Å². The number of hydrogen-bond acceptors (Lipinski definition) is 4. The number of carbonyl (C=O) groups is 2. The second kappa shape index (κ2) is 7.74. The van der Waals surface area contributed by atoms with Crippen molar-refractivity contribution in [1.82, 2.24) is 5.32 Å². The molecule has 1 aromatic heterocycles. The lowest BCUT2D eigenvalue weighted by atomic mass is 10.1. The van der Waals surface area contributed by atoms with E-state index in [-0.39, 0.29) is 18.6 Å². The van der Waals surface area contributed by atoms with Crippen LogP contribution in [0.2, 0.25) is 0 Å². The molecule has 1 heterocycles. The van der Waals surface area contributed by atoms with Crippen molar-refractivity contribution < 1.29 is 18.7 Å². The molecule has 0 unspecified atom stereocenters. The van der Waals surface area contributed by atoms with Crippen LogP contribution in [0.15, 0.2) is 59.0 Å². The highest BCUT2D eigenvalue weighted by Gasteiger charge is 2.16. The molecule has 26 heavy (non-hydrogen) atoms. The zero-order chi connectivity index (χ0) is 18.5. The maximum Gasteiger partial charge on any atom is 0.411 e. The maximum atomic E-state index is 12.5. The highest BCUT2D eigenvalue weighted by Crippen LogP contribution is 2.24. The fourth-order valence-electron chi connectivity index (χ4n) is 2.59. The van der Waals surface area contributed by atoms with Crippen LogP contribution in [0.5, 0.6) is 0 Å². The van der Waals surface area contributed by atoms with Crippen molar-refractivity contribution in [3.05, 3.63) is 65.9 Å². The number of anilines is 1. The van der Waals surface area contributed by atoms with Crippen LogP contribution in [0.3, 0.4) is 0 Å².